The van der Waals surface area contributed by atoms with Crippen molar-refractivity contribution in [3.8, 4) is 0 Å². The normalized spacial score (nSPS) is 15.2. The number of nitrogens with zero attached hydrogens (tertiary/aromatic N) is 6. The maximum absolute atomic E-state index is 13.0. The van der Waals surface area contributed by atoms with E-state index in [4.69, 9.17) is 0 Å². The summed E-state index contributed by atoms with van der Waals surface area (Å²) in [6.07, 6.45) is 0.926. The Kier molecular flexibility index (Phi) is 5.08. The van der Waals surface area contributed by atoms with Crippen molar-refractivity contribution in [2.75, 3.05) is 42.2 Å². The zero-order chi connectivity index (χ0) is 17.1. The number of thioether (sulfide) groups is 1. The number of rotatable bonds is 4. The number of alkyl halides is 2. The number of piperazine rings is 1. The molecule has 2 aromatic rings. The highest BCUT2D eigenvalue weighted by Crippen LogP contribution is 2.25. The Bertz CT molecular complexity index is 706. The Labute approximate surface area is 143 Å². The summed E-state index contributed by atoms with van der Waals surface area (Å²) in [6, 6.07) is 3.24. The first-order chi connectivity index (χ1) is 11.6. The van der Waals surface area contributed by atoms with E-state index in [1.807, 2.05) is 17.9 Å². The first kappa shape index (κ1) is 16.8. The van der Waals surface area contributed by atoms with E-state index < -0.39 is 6.43 Å². The Morgan fingerprint density at radius 2 is 1.79 bits per heavy atom. The van der Waals surface area contributed by atoms with Gasteiger partial charge in [-0.15, -0.1) is 0 Å². The van der Waals surface area contributed by atoms with Crippen LogP contribution in [-0.2, 0) is 0 Å². The fraction of sp³-hybridized carbons (Fsp3) is 0.467. The Hall–Kier alpha value is -2.03. The Balaban J connectivity index is 1.73. The highest BCUT2D eigenvalue weighted by atomic mass is 32.2. The van der Waals surface area contributed by atoms with Gasteiger partial charge in [0, 0.05) is 44.1 Å². The monoisotopic (exact) mass is 352 g/mol. The molecule has 1 saturated heterocycles. The van der Waals surface area contributed by atoms with Gasteiger partial charge in [0.2, 0.25) is 5.95 Å². The second-order valence-electron chi connectivity index (χ2n) is 5.41. The van der Waals surface area contributed by atoms with Crippen LogP contribution in [0, 0.1) is 6.92 Å². The summed E-state index contributed by atoms with van der Waals surface area (Å²) in [4.78, 5) is 21.0. The van der Waals surface area contributed by atoms with Crippen molar-refractivity contribution >= 4 is 23.5 Å². The molecule has 0 atom stereocenters. The SMILES string of the molecule is CSc1nc(C(F)F)cc(N2CCN(c3nccc(C)n3)CC2)n1. The molecule has 2 aromatic heterocycles. The van der Waals surface area contributed by atoms with E-state index in [9.17, 15) is 8.78 Å². The molecular weight excluding hydrogens is 334 g/mol. The van der Waals surface area contributed by atoms with Gasteiger partial charge in [-0.05, 0) is 19.2 Å². The summed E-state index contributed by atoms with van der Waals surface area (Å²) >= 11 is 1.26. The Morgan fingerprint density at radius 3 is 2.42 bits per heavy atom. The summed E-state index contributed by atoms with van der Waals surface area (Å²) in [5.41, 5.74) is 0.693. The van der Waals surface area contributed by atoms with Crippen LogP contribution in [0.1, 0.15) is 17.8 Å². The van der Waals surface area contributed by atoms with Crippen LogP contribution in [0.3, 0.4) is 0 Å². The molecule has 0 N–H and O–H groups in total. The van der Waals surface area contributed by atoms with Crippen LogP contribution in [0.5, 0.6) is 0 Å². The molecule has 0 aliphatic carbocycles. The zero-order valence-corrected chi connectivity index (χ0v) is 14.3. The smallest absolute Gasteiger partial charge is 0.280 e. The van der Waals surface area contributed by atoms with Crippen LogP contribution in [0.2, 0.25) is 0 Å². The van der Waals surface area contributed by atoms with Crippen molar-refractivity contribution in [2.45, 2.75) is 18.5 Å². The molecule has 24 heavy (non-hydrogen) atoms. The lowest BCUT2D eigenvalue weighted by Crippen LogP contribution is -2.47. The molecule has 128 valence electrons. The molecule has 0 radical (unpaired) electrons. The maximum atomic E-state index is 13.0. The topological polar surface area (TPSA) is 58.0 Å². The quantitative estimate of drug-likeness (QED) is 0.619. The fourth-order valence-corrected chi connectivity index (χ4v) is 2.90. The number of anilines is 2. The first-order valence-electron chi connectivity index (χ1n) is 7.57. The maximum Gasteiger partial charge on any atom is 0.280 e. The third-order valence-electron chi connectivity index (χ3n) is 3.79. The van der Waals surface area contributed by atoms with Gasteiger partial charge >= 0.3 is 0 Å². The standard InChI is InChI=1S/C15H18F2N6S/c1-10-3-4-18-14(19-10)23-7-5-22(6-8-23)12-9-11(13(16)17)20-15(21-12)24-2/h3-4,9,13H,5-8H2,1-2H3. The van der Waals surface area contributed by atoms with Crippen LogP contribution in [-0.4, -0.2) is 52.4 Å². The second kappa shape index (κ2) is 7.25. The lowest BCUT2D eigenvalue weighted by Gasteiger charge is -2.35. The van der Waals surface area contributed by atoms with Crippen molar-refractivity contribution < 1.29 is 8.78 Å². The van der Waals surface area contributed by atoms with Gasteiger partial charge < -0.3 is 9.80 Å². The molecule has 3 heterocycles. The number of halogens is 2. The summed E-state index contributed by atoms with van der Waals surface area (Å²) in [5.74, 6) is 1.25. The highest BCUT2D eigenvalue weighted by molar-refractivity contribution is 7.98. The zero-order valence-electron chi connectivity index (χ0n) is 13.5. The van der Waals surface area contributed by atoms with Crippen LogP contribution in [0.4, 0.5) is 20.5 Å². The molecule has 1 aliphatic heterocycles. The van der Waals surface area contributed by atoms with E-state index in [1.165, 1.54) is 17.8 Å². The molecular formula is C15H18F2N6S. The summed E-state index contributed by atoms with van der Waals surface area (Å²) in [7, 11) is 0. The number of hydrogen-bond acceptors (Lipinski definition) is 7. The van der Waals surface area contributed by atoms with Gasteiger partial charge in [0.15, 0.2) is 5.16 Å². The van der Waals surface area contributed by atoms with Gasteiger partial charge in [0.05, 0.1) is 0 Å². The summed E-state index contributed by atoms with van der Waals surface area (Å²) in [6.45, 7) is 4.70. The molecule has 1 fully saturated rings. The summed E-state index contributed by atoms with van der Waals surface area (Å²) in [5, 5.41) is 0.368. The largest absolute Gasteiger partial charge is 0.353 e. The number of hydrogen-bond donors (Lipinski definition) is 0. The highest BCUT2D eigenvalue weighted by Gasteiger charge is 2.22. The van der Waals surface area contributed by atoms with Gasteiger partial charge in [-0.25, -0.2) is 28.7 Å². The molecule has 6 nitrogen and oxygen atoms in total. The molecule has 0 amide bonds. The molecule has 0 unspecified atom stereocenters. The number of aromatic nitrogens is 4. The van der Waals surface area contributed by atoms with E-state index in [1.54, 1.807) is 12.5 Å². The molecule has 9 heteroatoms. The van der Waals surface area contributed by atoms with Crippen LogP contribution in [0.25, 0.3) is 0 Å². The number of aryl methyl sites for hydroxylation is 1. The second-order valence-corrected chi connectivity index (χ2v) is 6.18. The van der Waals surface area contributed by atoms with Crippen molar-refractivity contribution in [3.63, 3.8) is 0 Å². The van der Waals surface area contributed by atoms with E-state index in [0.717, 1.165) is 5.69 Å². The van der Waals surface area contributed by atoms with Crippen molar-refractivity contribution in [1.29, 1.82) is 0 Å². The van der Waals surface area contributed by atoms with Gasteiger partial charge in [-0.3, -0.25) is 0 Å². The minimum Gasteiger partial charge on any atom is -0.353 e. The third-order valence-corrected chi connectivity index (χ3v) is 4.33. The molecule has 0 spiro atoms. The van der Waals surface area contributed by atoms with Crippen molar-refractivity contribution in [1.82, 2.24) is 19.9 Å². The third kappa shape index (κ3) is 3.72. The van der Waals surface area contributed by atoms with Crippen LogP contribution in [0.15, 0.2) is 23.5 Å². The lowest BCUT2D eigenvalue weighted by atomic mass is 10.3. The minimum atomic E-state index is -2.60. The van der Waals surface area contributed by atoms with Crippen LogP contribution < -0.4 is 9.80 Å². The predicted molar refractivity (Wildman–Crippen MR) is 90.0 cm³/mol. The fourth-order valence-electron chi connectivity index (χ4n) is 2.52. The summed E-state index contributed by atoms with van der Waals surface area (Å²) < 4.78 is 26.0. The van der Waals surface area contributed by atoms with Crippen LogP contribution >= 0.6 is 11.8 Å². The van der Waals surface area contributed by atoms with E-state index >= 15 is 0 Å². The van der Waals surface area contributed by atoms with Gasteiger partial charge in [-0.1, -0.05) is 11.8 Å². The van der Waals surface area contributed by atoms with E-state index in [0.29, 0.717) is 43.1 Å². The minimum absolute atomic E-state index is 0.228. The lowest BCUT2D eigenvalue weighted by molar-refractivity contribution is 0.145. The van der Waals surface area contributed by atoms with Gasteiger partial charge in [-0.2, -0.15) is 0 Å². The predicted octanol–water partition coefficient (Wildman–Crippen LogP) is 2.56. The average molecular weight is 352 g/mol. The molecule has 0 bridgehead atoms. The Morgan fingerprint density at radius 1 is 1.08 bits per heavy atom. The molecule has 0 saturated carbocycles. The molecule has 0 aromatic carbocycles. The van der Waals surface area contributed by atoms with E-state index in [-0.39, 0.29) is 5.69 Å². The van der Waals surface area contributed by atoms with E-state index in [2.05, 4.69) is 24.8 Å². The molecule has 3 rings (SSSR count). The van der Waals surface area contributed by atoms with Gasteiger partial charge in [0.25, 0.3) is 6.43 Å². The average Bonchev–Trinajstić information content (AvgIpc) is 2.61. The van der Waals surface area contributed by atoms with Gasteiger partial charge in [0.1, 0.15) is 11.5 Å². The first-order valence-corrected chi connectivity index (χ1v) is 8.80. The van der Waals surface area contributed by atoms with Crippen molar-refractivity contribution in [3.05, 3.63) is 29.7 Å². The van der Waals surface area contributed by atoms with Crippen molar-refractivity contribution in [2.24, 2.45) is 0 Å². The molecule has 1 aliphatic rings.